The molecule has 0 aromatic rings. The molecule has 0 unspecified atom stereocenters. The fourth-order valence-electron chi connectivity index (χ4n) is 1.50. The molecule has 0 bridgehead atoms. The summed E-state index contributed by atoms with van der Waals surface area (Å²) >= 11 is 0. The van der Waals surface area contributed by atoms with Crippen LogP contribution in [0.2, 0.25) is 0 Å². The molecule has 1 aliphatic rings. The van der Waals surface area contributed by atoms with Gasteiger partial charge in [0.25, 0.3) is 0 Å². The van der Waals surface area contributed by atoms with E-state index < -0.39 is 0 Å². The maximum absolute atomic E-state index is 11.1. The molecular formula is C9H16O3. The fraction of sp³-hybridized carbons (Fsp3) is 0.889. The molecule has 0 N–H and O–H groups in total. The third kappa shape index (κ3) is 1.97. The van der Waals surface area contributed by atoms with Gasteiger partial charge in [-0.15, -0.1) is 0 Å². The number of rotatable bonds is 4. The molecular weight excluding hydrogens is 156 g/mol. The Kier molecular flexibility index (Phi) is 3.09. The second kappa shape index (κ2) is 3.90. The Hall–Kier alpha value is -0.570. The number of carbonyl (C=O) groups excluding carboxylic acids is 1. The Morgan fingerprint density at radius 3 is 2.50 bits per heavy atom. The van der Waals surface area contributed by atoms with Crippen LogP contribution < -0.4 is 0 Å². The second-order valence-electron chi connectivity index (χ2n) is 3.22. The van der Waals surface area contributed by atoms with Crippen LogP contribution in [0.4, 0.5) is 0 Å². The molecule has 0 heterocycles. The molecule has 3 nitrogen and oxygen atoms in total. The Morgan fingerprint density at radius 2 is 2.17 bits per heavy atom. The van der Waals surface area contributed by atoms with E-state index in [1.807, 2.05) is 6.92 Å². The Balaban J connectivity index is 2.32. The van der Waals surface area contributed by atoms with Crippen LogP contribution in [0.3, 0.4) is 0 Å². The molecule has 12 heavy (non-hydrogen) atoms. The average molecular weight is 172 g/mol. The maximum Gasteiger partial charge on any atom is 0.308 e. The van der Waals surface area contributed by atoms with E-state index in [0.717, 1.165) is 19.3 Å². The first-order valence-electron chi connectivity index (χ1n) is 4.43. The lowest BCUT2D eigenvalue weighted by molar-refractivity contribution is -0.155. The van der Waals surface area contributed by atoms with Crippen molar-refractivity contribution in [2.75, 3.05) is 13.7 Å². The number of ether oxygens (including phenoxy) is 2. The predicted molar refractivity (Wildman–Crippen MR) is 44.8 cm³/mol. The van der Waals surface area contributed by atoms with Crippen LogP contribution in [-0.4, -0.2) is 25.3 Å². The summed E-state index contributed by atoms with van der Waals surface area (Å²) < 4.78 is 10.1. The van der Waals surface area contributed by atoms with Crippen LogP contribution in [0.1, 0.15) is 32.6 Å². The minimum Gasteiger partial charge on any atom is -0.466 e. The summed E-state index contributed by atoms with van der Waals surface area (Å²) in [6.07, 6.45) is 3.55. The van der Waals surface area contributed by atoms with Crippen LogP contribution >= 0.6 is 0 Å². The molecule has 0 spiro atoms. The van der Waals surface area contributed by atoms with Crippen molar-refractivity contribution in [3.63, 3.8) is 0 Å². The molecule has 70 valence electrons. The van der Waals surface area contributed by atoms with Gasteiger partial charge in [-0.2, -0.15) is 0 Å². The normalized spacial score (nSPS) is 19.8. The topological polar surface area (TPSA) is 35.5 Å². The Bertz CT molecular complexity index is 156. The number of hydrogen-bond donors (Lipinski definition) is 0. The third-order valence-corrected chi connectivity index (χ3v) is 2.47. The van der Waals surface area contributed by atoms with Gasteiger partial charge in [-0.25, -0.2) is 0 Å². The van der Waals surface area contributed by atoms with Crippen molar-refractivity contribution < 1.29 is 14.3 Å². The van der Waals surface area contributed by atoms with Gasteiger partial charge in [0.05, 0.1) is 18.6 Å². The summed E-state index contributed by atoms with van der Waals surface area (Å²) in [5.74, 6) is -0.140. The summed E-state index contributed by atoms with van der Waals surface area (Å²) in [5.41, 5.74) is -0.188. The summed E-state index contributed by atoms with van der Waals surface area (Å²) in [7, 11) is 1.67. The number of methoxy groups -OCH3 is 1. The van der Waals surface area contributed by atoms with Crippen molar-refractivity contribution in [1.82, 2.24) is 0 Å². The highest BCUT2D eigenvalue weighted by atomic mass is 16.5. The lowest BCUT2D eigenvalue weighted by atomic mass is 9.77. The van der Waals surface area contributed by atoms with Gasteiger partial charge in [0, 0.05) is 7.11 Å². The summed E-state index contributed by atoms with van der Waals surface area (Å²) in [5, 5.41) is 0. The van der Waals surface area contributed by atoms with Crippen molar-refractivity contribution in [1.29, 1.82) is 0 Å². The van der Waals surface area contributed by atoms with Gasteiger partial charge >= 0.3 is 5.97 Å². The van der Waals surface area contributed by atoms with Gasteiger partial charge < -0.3 is 9.47 Å². The first-order valence-corrected chi connectivity index (χ1v) is 4.43. The van der Waals surface area contributed by atoms with Crippen molar-refractivity contribution in [3.8, 4) is 0 Å². The largest absolute Gasteiger partial charge is 0.466 e. The molecule has 0 aliphatic heterocycles. The molecule has 0 radical (unpaired) electrons. The zero-order valence-corrected chi connectivity index (χ0v) is 7.76. The number of carbonyl (C=O) groups is 1. The van der Waals surface area contributed by atoms with Crippen LogP contribution in [0.5, 0.6) is 0 Å². The highest BCUT2D eigenvalue weighted by molar-refractivity contribution is 5.70. The minimum absolute atomic E-state index is 0.140. The van der Waals surface area contributed by atoms with E-state index in [1.54, 1.807) is 7.11 Å². The zero-order chi connectivity index (χ0) is 9.03. The zero-order valence-electron chi connectivity index (χ0n) is 7.76. The molecule has 0 atom stereocenters. The van der Waals surface area contributed by atoms with Gasteiger partial charge in [0.15, 0.2) is 0 Å². The molecule has 0 aromatic carbocycles. The summed E-state index contributed by atoms with van der Waals surface area (Å²) in [6.45, 7) is 2.27. The molecule has 1 rings (SSSR count). The van der Waals surface area contributed by atoms with E-state index in [4.69, 9.17) is 9.47 Å². The quantitative estimate of drug-likeness (QED) is 0.603. The van der Waals surface area contributed by atoms with Crippen LogP contribution in [-0.2, 0) is 14.3 Å². The lowest BCUT2D eigenvalue weighted by Crippen LogP contribution is -2.41. The van der Waals surface area contributed by atoms with Gasteiger partial charge in [0.2, 0.25) is 0 Å². The average Bonchev–Trinajstić information content (AvgIpc) is 1.97. The highest BCUT2D eigenvalue weighted by Crippen LogP contribution is 2.38. The van der Waals surface area contributed by atoms with E-state index in [1.165, 1.54) is 0 Å². The minimum atomic E-state index is -0.188. The van der Waals surface area contributed by atoms with Crippen LogP contribution in [0.25, 0.3) is 0 Å². The van der Waals surface area contributed by atoms with E-state index >= 15 is 0 Å². The van der Waals surface area contributed by atoms with Crippen molar-refractivity contribution in [2.45, 2.75) is 38.2 Å². The molecule has 0 aromatic heterocycles. The van der Waals surface area contributed by atoms with Crippen LogP contribution in [0, 0.1) is 0 Å². The molecule has 1 fully saturated rings. The van der Waals surface area contributed by atoms with E-state index in [0.29, 0.717) is 13.0 Å². The van der Waals surface area contributed by atoms with E-state index in [-0.39, 0.29) is 11.6 Å². The third-order valence-electron chi connectivity index (χ3n) is 2.47. The second-order valence-corrected chi connectivity index (χ2v) is 3.22. The van der Waals surface area contributed by atoms with Gasteiger partial charge in [-0.1, -0.05) is 0 Å². The standard InChI is InChI=1S/C9H16O3/c1-3-12-8(10)7-9(11-2)5-4-6-9/h3-7H2,1-2H3. The highest BCUT2D eigenvalue weighted by Gasteiger charge is 2.39. The van der Waals surface area contributed by atoms with Gasteiger partial charge in [-0.3, -0.25) is 4.79 Å². The van der Waals surface area contributed by atoms with Gasteiger partial charge in [0.1, 0.15) is 0 Å². The smallest absolute Gasteiger partial charge is 0.308 e. The Labute approximate surface area is 73.0 Å². The maximum atomic E-state index is 11.1. The number of hydrogen-bond acceptors (Lipinski definition) is 3. The molecule has 0 saturated heterocycles. The first-order chi connectivity index (χ1) is 5.72. The predicted octanol–water partition coefficient (Wildman–Crippen LogP) is 1.51. The van der Waals surface area contributed by atoms with Crippen molar-refractivity contribution in [2.24, 2.45) is 0 Å². The van der Waals surface area contributed by atoms with E-state index in [2.05, 4.69) is 0 Å². The monoisotopic (exact) mass is 172 g/mol. The van der Waals surface area contributed by atoms with Gasteiger partial charge in [-0.05, 0) is 26.2 Å². The molecule has 3 heteroatoms. The van der Waals surface area contributed by atoms with Crippen molar-refractivity contribution in [3.05, 3.63) is 0 Å². The SMILES string of the molecule is CCOC(=O)CC1(OC)CCC1. The number of esters is 1. The fourth-order valence-corrected chi connectivity index (χ4v) is 1.50. The lowest BCUT2D eigenvalue weighted by Gasteiger charge is -2.39. The molecule has 1 saturated carbocycles. The Morgan fingerprint density at radius 1 is 1.50 bits per heavy atom. The van der Waals surface area contributed by atoms with E-state index in [9.17, 15) is 4.79 Å². The molecule has 0 amide bonds. The summed E-state index contributed by atoms with van der Waals surface area (Å²) in [4.78, 5) is 11.1. The van der Waals surface area contributed by atoms with Crippen LogP contribution in [0.15, 0.2) is 0 Å². The van der Waals surface area contributed by atoms with Crippen molar-refractivity contribution >= 4 is 5.97 Å². The first kappa shape index (κ1) is 9.52. The molecule has 1 aliphatic carbocycles. The summed E-state index contributed by atoms with van der Waals surface area (Å²) in [6, 6.07) is 0.